The van der Waals surface area contributed by atoms with Crippen LogP contribution >= 0.6 is 0 Å². The van der Waals surface area contributed by atoms with Crippen molar-refractivity contribution in [2.75, 3.05) is 0 Å². The standard InChI is InChI=1S/C8H7.3CHO.Ru/c1-2-4-6-8-7-5-3-1;3*1-2;/h1-7H;3*1H;. The maximum atomic E-state index is 10.9. The Hall–Kier alpha value is -1.41. The second-order valence-electron chi connectivity index (χ2n) is 2.58. The minimum atomic E-state index is -3.57. The van der Waals surface area contributed by atoms with Crippen LogP contribution in [0, 0.1) is 0 Å². The predicted molar refractivity (Wildman–Crippen MR) is 55.8 cm³/mol. The van der Waals surface area contributed by atoms with Crippen molar-refractivity contribution in [2.45, 2.75) is 0 Å². The van der Waals surface area contributed by atoms with Gasteiger partial charge in [-0.3, -0.25) is 0 Å². The number of hydrogen-bond acceptors (Lipinski definition) is 3. The molecule has 0 aliphatic heterocycles. The van der Waals surface area contributed by atoms with Crippen molar-refractivity contribution in [1.82, 2.24) is 0 Å². The average molecular weight is 291 g/mol. The Kier molecular flexibility index (Phi) is 4.25. The molecule has 1 aliphatic carbocycles. The third-order valence-electron chi connectivity index (χ3n) is 1.71. The summed E-state index contributed by atoms with van der Waals surface area (Å²) in [5.41, 5.74) is 0. The fourth-order valence-corrected chi connectivity index (χ4v) is 3.28. The van der Waals surface area contributed by atoms with Crippen molar-refractivity contribution < 1.29 is 29.2 Å². The van der Waals surface area contributed by atoms with Crippen LogP contribution in [0.25, 0.3) is 0 Å². The van der Waals surface area contributed by atoms with E-state index in [1.807, 2.05) is 6.08 Å². The molecule has 0 aromatic rings. The van der Waals surface area contributed by atoms with Crippen LogP contribution < -0.4 is 0 Å². The predicted octanol–water partition coefficient (Wildman–Crippen LogP) is 1.28. The van der Waals surface area contributed by atoms with Gasteiger partial charge in [0.2, 0.25) is 0 Å². The second-order valence-corrected chi connectivity index (χ2v) is 8.05. The molecule has 0 aromatic heterocycles. The van der Waals surface area contributed by atoms with Gasteiger partial charge in [-0.2, -0.15) is 0 Å². The number of hydrogen-bond donors (Lipinski definition) is 0. The first-order valence-corrected chi connectivity index (χ1v) is 7.95. The molecule has 1 aliphatic rings. The zero-order chi connectivity index (χ0) is 11.1. The van der Waals surface area contributed by atoms with Crippen LogP contribution in [0.5, 0.6) is 0 Å². The first kappa shape index (κ1) is 11.7. The maximum absolute atomic E-state index is 10.9. The van der Waals surface area contributed by atoms with Gasteiger partial charge in [0.25, 0.3) is 0 Å². The van der Waals surface area contributed by atoms with E-state index in [1.54, 1.807) is 36.5 Å². The Morgan fingerprint density at radius 3 is 1.93 bits per heavy atom. The molecule has 0 saturated carbocycles. The normalized spacial score (nSPS) is 16.1. The Bertz CT molecular complexity index is 367. The van der Waals surface area contributed by atoms with Crippen LogP contribution in [-0.2, 0) is 29.2 Å². The molecule has 1 rings (SSSR count). The summed E-state index contributed by atoms with van der Waals surface area (Å²) in [6.07, 6.45) is 12.1. The molecule has 3 nitrogen and oxygen atoms in total. The molecule has 0 N–H and O–H groups in total. The van der Waals surface area contributed by atoms with Crippen LogP contribution in [0.2, 0.25) is 0 Å². The molecule has 0 heterocycles. The van der Waals surface area contributed by atoms with Crippen LogP contribution in [-0.4, -0.2) is 14.6 Å². The van der Waals surface area contributed by atoms with Gasteiger partial charge in [0.1, 0.15) is 0 Å². The van der Waals surface area contributed by atoms with Crippen molar-refractivity contribution in [3.63, 3.8) is 0 Å². The molecule has 0 atom stereocenters. The third kappa shape index (κ3) is 2.54. The first-order valence-electron chi connectivity index (χ1n) is 4.07. The summed E-state index contributed by atoms with van der Waals surface area (Å²) in [6, 6.07) is 0. The Labute approximate surface area is 90.7 Å². The summed E-state index contributed by atoms with van der Waals surface area (Å²) >= 11 is -3.57. The molecule has 80 valence electrons. The van der Waals surface area contributed by atoms with E-state index in [-0.39, 0.29) is 0 Å². The molecular formula is C11H10O3Ru. The van der Waals surface area contributed by atoms with Gasteiger partial charge in [0.05, 0.1) is 0 Å². The molecule has 0 fully saturated rings. The Morgan fingerprint density at radius 1 is 0.800 bits per heavy atom. The molecule has 0 aromatic carbocycles. The van der Waals surface area contributed by atoms with Gasteiger partial charge in [-0.25, -0.2) is 0 Å². The van der Waals surface area contributed by atoms with E-state index in [9.17, 15) is 14.4 Å². The van der Waals surface area contributed by atoms with E-state index in [1.165, 1.54) is 0 Å². The van der Waals surface area contributed by atoms with E-state index >= 15 is 0 Å². The number of rotatable bonds is 4. The van der Waals surface area contributed by atoms with E-state index < -0.39 is 14.8 Å². The molecule has 0 amide bonds. The van der Waals surface area contributed by atoms with Gasteiger partial charge in [-0.15, -0.1) is 0 Å². The zero-order valence-electron chi connectivity index (χ0n) is 7.85. The minimum absolute atomic E-state index is 0.520. The Morgan fingerprint density at radius 2 is 1.33 bits per heavy atom. The van der Waals surface area contributed by atoms with Crippen LogP contribution in [0.1, 0.15) is 0 Å². The Balaban J connectivity index is 3.18. The molecule has 0 spiro atoms. The fraction of sp³-hybridized carbons (Fsp3) is 0. The second kappa shape index (κ2) is 5.47. The summed E-state index contributed by atoms with van der Waals surface area (Å²) in [6.45, 7) is 0. The zero-order valence-corrected chi connectivity index (χ0v) is 9.59. The third-order valence-corrected chi connectivity index (χ3v) is 6.07. The first-order chi connectivity index (χ1) is 7.29. The molecule has 0 unspecified atom stereocenters. The molecular weight excluding hydrogens is 281 g/mol. The van der Waals surface area contributed by atoms with Gasteiger partial charge >= 0.3 is 90.5 Å². The van der Waals surface area contributed by atoms with Crippen LogP contribution in [0.3, 0.4) is 0 Å². The number of carbonyl (C=O) groups is 3. The number of carbonyl (C=O) groups excluding carboxylic acids is 3. The molecule has 0 saturated heterocycles. The van der Waals surface area contributed by atoms with Crippen molar-refractivity contribution in [1.29, 1.82) is 0 Å². The number of allylic oxidation sites excluding steroid dienone is 8. The van der Waals surface area contributed by atoms with E-state index in [0.29, 0.717) is 18.8 Å². The van der Waals surface area contributed by atoms with Crippen molar-refractivity contribution in [2.24, 2.45) is 0 Å². The molecule has 0 radical (unpaired) electrons. The van der Waals surface area contributed by atoms with Gasteiger partial charge < -0.3 is 0 Å². The average Bonchev–Trinajstić information content (AvgIpc) is 2.23. The van der Waals surface area contributed by atoms with Crippen molar-refractivity contribution in [3.05, 3.63) is 46.7 Å². The van der Waals surface area contributed by atoms with E-state index in [0.717, 1.165) is 0 Å². The van der Waals surface area contributed by atoms with Crippen LogP contribution in [0.4, 0.5) is 0 Å². The van der Waals surface area contributed by atoms with Gasteiger partial charge in [0, 0.05) is 0 Å². The van der Waals surface area contributed by atoms with E-state index in [2.05, 4.69) is 0 Å². The summed E-state index contributed by atoms with van der Waals surface area (Å²) in [5, 5.41) is 0. The molecule has 15 heavy (non-hydrogen) atoms. The fourth-order valence-electron chi connectivity index (χ4n) is 0.946. The monoisotopic (exact) mass is 292 g/mol. The quantitative estimate of drug-likeness (QED) is 0.579. The van der Waals surface area contributed by atoms with Crippen molar-refractivity contribution >= 4 is 14.6 Å². The van der Waals surface area contributed by atoms with Gasteiger partial charge in [-0.05, 0) is 0 Å². The SMILES string of the molecule is O=[CH][Ru]([CH]=O)([CH]=O)[C]1=CC=CC=CC=C1. The summed E-state index contributed by atoms with van der Waals surface area (Å²) in [5.74, 6) is 0. The summed E-state index contributed by atoms with van der Waals surface area (Å²) in [7, 11) is 0. The van der Waals surface area contributed by atoms with Gasteiger partial charge in [0.15, 0.2) is 0 Å². The summed E-state index contributed by atoms with van der Waals surface area (Å²) in [4.78, 5) is 34.2. The van der Waals surface area contributed by atoms with Crippen molar-refractivity contribution in [3.8, 4) is 0 Å². The van der Waals surface area contributed by atoms with Gasteiger partial charge in [-0.1, -0.05) is 0 Å². The molecule has 4 heteroatoms. The van der Waals surface area contributed by atoms with Crippen LogP contribution in [0.15, 0.2) is 46.7 Å². The van der Waals surface area contributed by atoms with E-state index in [4.69, 9.17) is 0 Å². The summed E-state index contributed by atoms with van der Waals surface area (Å²) < 4.78 is 0.534. The molecule has 0 bridgehead atoms. The topological polar surface area (TPSA) is 51.2 Å².